The van der Waals surface area contributed by atoms with Crippen LogP contribution in [-0.2, 0) is 14.3 Å². The van der Waals surface area contributed by atoms with E-state index in [0.717, 1.165) is 37.3 Å². The zero-order valence-corrected chi connectivity index (χ0v) is 24.2. The summed E-state index contributed by atoms with van der Waals surface area (Å²) in [6.07, 6.45) is 1.16. The number of nitrogens with one attached hydrogen (secondary N) is 1. The van der Waals surface area contributed by atoms with Gasteiger partial charge in [-0.25, -0.2) is 9.97 Å². The van der Waals surface area contributed by atoms with Crippen LogP contribution in [0.1, 0.15) is 37.9 Å². The fourth-order valence-corrected chi connectivity index (χ4v) is 4.79. The summed E-state index contributed by atoms with van der Waals surface area (Å²) < 4.78 is 16.8. The number of carbonyl (C=O) groups is 1. The van der Waals surface area contributed by atoms with Gasteiger partial charge in [0.15, 0.2) is 11.6 Å². The molecule has 1 saturated heterocycles. The summed E-state index contributed by atoms with van der Waals surface area (Å²) in [4.78, 5) is 24.6. The lowest BCUT2D eigenvalue weighted by Crippen LogP contribution is -2.38. The van der Waals surface area contributed by atoms with Gasteiger partial charge in [0.25, 0.3) is 0 Å². The number of anilines is 1. The Bertz CT molecular complexity index is 1160. The first-order valence-corrected chi connectivity index (χ1v) is 13.5. The van der Waals surface area contributed by atoms with Crippen LogP contribution in [0.15, 0.2) is 23.9 Å². The Hall–Kier alpha value is -2.76. The number of hydrogen-bond acceptors (Lipinski definition) is 10. The Morgan fingerprint density at radius 3 is 2.59 bits per heavy atom. The number of rotatable bonds is 13. The summed E-state index contributed by atoms with van der Waals surface area (Å²) >= 11 is 6.62. The summed E-state index contributed by atoms with van der Waals surface area (Å²) in [5, 5.41) is 13.4. The average Bonchev–Trinajstić information content (AvgIpc) is 2.90. The number of carbonyl (C=O) groups excluding carboxylic acids is 1. The number of nitrogens with two attached hydrogens (primary N) is 1. The van der Waals surface area contributed by atoms with Gasteiger partial charge in [0.05, 0.1) is 35.6 Å². The summed E-state index contributed by atoms with van der Waals surface area (Å²) in [6, 6.07) is 5.18. The number of ketones is 1. The van der Waals surface area contributed by atoms with Crippen LogP contribution in [-0.4, -0.2) is 86.7 Å². The van der Waals surface area contributed by atoms with Gasteiger partial charge in [-0.2, -0.15) is 0 Å². The van der Waals surface area contributed by atoms with Crippen molar-refractivity contribution in [3.05, 3.63) is 40.2 Å². The van der Waals surface area contributed by atoms with Gasteiger partial charge in [-0.15, -0.1) is 0 Å². The minimum atomic E-state index is -0.667. The highest BCUT2D eigenvalue weighted by atomic mass is 35.5. The number of methoxy groups -OCH3 is 1. The van der Waals surface area contributed by atoms with Gasteiger partial charge in [-0.05, 0) is 58.9 Å². The van der Waals surface area contributed by atoms with Gasteiger partial charge in [-0.1, -0.05) is 11.6 Å². The number of allylic oxidation sites excluding steroid dienone is 2. The molecule has 0 unspecified atom stereocenters. The fourth-order valence-electron chi connectivity index (χ4n) is 4.59. The third-order valence-electron chi connectivity index (χ3n) is 6.55. The molecule has 1 aliphatic rings. The normalized spacial score (nSPS) is 15.7. The molecule has 214 valence electrons. The Morgan fingerprint density at radius 1 is 1.26 bits per heavy atom. The molecule has 4 N–H and O–H groups in total. The number of ether oxygens (including phenoxy) is 3. The Balaban J connectivity index is 2.01. The highest BCUT2D eigenvalue weighted by Gasteiger charge is 2.27. The lowest BCUT2D eigenvalue weighted by Gasteiger charge is -2.34. The summed E-state index contributed by atoms with van der Waals surface area (Å²) in [5.41, 5.74) is 8.70. The molecule has 0 aliphatic carbocycles. The molecule has 1 atom stereocenters. The second-order valence-electron chi connectivity index (χ2n) is 9.67. The van der Waals surface area contributed by atoms with Gasteiger partial charge in [0.2, 0.25) is 0 Å². The molecular weight excluding hydrogens is 522 g/mol. The SMILES string of the molecule is CNC[C@@H](O)COc1ccc(Cl)c(-c2nc(C(C(C)=O)=C(C)N)c(C)c(N3CCC(OCCOC)CC3)n2)c1. The van der Waals surface area contributed by atoms with Crippen LogP contribution in [0, 0.1) is 6.92 Å². The minimum absolute atomic E-state index is 0.109. The molecule has 0 saturated carbocycles. The van der Waals surface area contributed by atoms with E-state index in [1.54, 1.807) is 39.3 Å². The topological polar surface area (TPSA) is 132 Å². The molecule has 0 amide bonds. The van der Waals surface area contributed by atoms with E-state index >= 15 is 0 Å². The highest BCUT2D eigenvalue weighted by Crippen LogP contribution is 2.35. The van der Waals surface area contributed by atoms with Crippen LogP contribution in [0.3, 0.4) is 0 Å². The van der Waals surface area contributed by atoms with Crippen molar-refractivity contribution in [3.63, 3.8) is 0 Å². The van der Waals surface area contributed by atoms with Crippen molar-refractivity contribution in [2.24, 2.45) is 5.73 Å². The van der Waals surface area contributed by atoms with E-state index in [-0.39, 0.29) is 18.5 Å². The zero-order chi connectivity index (χ0) is 28.5. The van der Waals surface area contributed by atoms with E-state index in [4.69, 9.17) is 41.5 Å². The van der Waals surface area contributed by atoms with Crippen LogP contribution in [0.25, 0.3) is 17.0 Å². The van der Waals surface area contributed by atoms with E-state index in [9.17, 15) is 9.90 Å². The Labute approximate surface area is 235 Å². The maximum Gasteiger partial charge on any atom is 0.163 e. The van der Waals surface area contributed by atoms with Crippen molar-refractivity contribution in [1.82, 2.24) is 15.3 Å². The summed E-state index contributed by atoms with van der Waals surface area (Å²) in [7, 11) is 3.42. The van der Waals surface area contributed by atoms with E-state index in [2.05, 4.69) is 10.2 Å². The lowest BCUT2D eigenvalue weighted by atomic mass is 10.0. The minimum Gasteiger partial charge on any atom is -0.491 e. The van der Waals surface area contributed by atoms with Gasteiger partial charge in [0.1, 0.15) is 24.3 Å². The van der Waals surface area contributed by atoms with E-state index in [1.807, 2.05) is 6.92 Å². The third-order valence-corrected chi connectivity index (χ3v) is 6.88. The third kappa shape index (κ3) is 8.12. The number of benzene rings is 1. The second kappa shape index (κ2) is 14.6. The molecule has 2 heterocycles. The number of piperidine rings is 1. The van der Waals surface area contributed by atoms with Gasteiger partial charge in [-0.3, -0.25) is 4.79 Å². The van der Waals surface area contributed by atoms with Gasteiger partial charge >= 0.3 is 0 Å². The molecule has 1 aromatic carbocycles. The van der Waals surface area contributed by atoms with Crippen LogP contribution in [0.4, 0.5) is 5.82 Å². The van der Waals surface area contributed by atoms with Crippen LogP contribution in [0.2, 0.25) is 5.02 Å². The van der Waals surface area contributed by atoms with Crippen molar-refractivity contribution in [2.75, 3.05) is 58.5 Å². The largest absolute Gasteiger partial charge is 0.491 e. The molecule has 1 fully saturated rings. The highest BCUT2D eigenvalue weighted by molar-refractivity contribution is 6.33. The quantitative estimate of drug-likeness (QED) is 0.248. The number of Topliss-reactive ketones (excluding diaryl/α,β-unsaturated/α-hetero) is 1. The van der Waals surface area contributed by atoms with Crippen molar-refractivity contribution >= 4 is 28.8 Å². The van der Waals surface area contributed by atoms with Crippen LogP contribution < -0.4 is 20.7 Å². The molecule has 39 heavy (non-hydrogen) atoms. The molecule has 1 aliphatic heterocycles. The molecule has 0 bridgehead atoms. The van der Waals surface area contributed by atoms with Crippen molar-refractivity contribution in [1.29, 1.82) is 0 Å². The predicted molar refractivity (Wildman–Crippen MR) is 153 cm³/mol. The molecule has 0 spiro atoms. The first-order valence-electron chi connectivity index (χ1n) is 13.1. The van der Waals surface area contributed by atoms with Crippen LogP contribution >= 0.6 is 11.6 Å². The molecule has 3 rings (SSSR count). The number of aliphatic hydroxyl groups excluding tert-OH is 1. The predicted octanol–water partition coefficient (Wildman–Crippen LogP) is 2.98. The number of aliphatic hydroxyl groups is 1. The molecule has 1 aromatic heterocycles. The monoisotopic (exact) mass is 561 g/mol. The maximum absolute atomic E-state index is 12.7. The first kappa shape index (κ1) is 30.8. The van der Waals surface area contributed by atoms with Crippen molar-refractivity contribution < 1.29 is 24.1 Å². The number of aromatic nitrogens is 2. The Morgan fingerprint density at radius 2 is 1.97 bits per heavy atom. The molecule has 11 heteroatoms. The van der Waals surface area contributed by atoms with Gasteiger partial charge < -0.3 is 35.3 Å². The summed E-state index contributed by atoms with van der Waals surface area (Å²) in [5.74, 6) is 1.41. The maximum atomic E-state index is 12.7. The number of hydrogen-bond donors (Lipinski definition) is 3. The standard InChI is InChI=1S/C28H40ClN5O5/c1-17-26(25(18(2)30)19(3)35)32-27(23-14-22(6-7-24(23)29)39-16-20(36)15-31-4)33-28(17)34-10-8-21(9-11-34)38-13-12-37-5/h6-7,14,20-21,31,36H,8-13,15-16,30H2,1-5H3/t20-/m1/s1. The van der Waals surface area contributed by atoms with Crippen molar-refractivity contribution in [3.8, 4) is 17.1 Å². The van der Waals surface area contributed by atoms with E-state index < -0.39 is 6.10 Å². The van der Waals surface area contributed by atoms with Crippen LogP contribution in [0.5, 0.6) is 5.75 Å². The molecular formula is C28H40ClN5O5. The molecule has 0 radical (unpaired) electrons. The number of halogens is 1. The Kier molecular flexibility index (Phi) is 11.5. The first-order chi connectivity index (χ1) is 18.7. The second-order valence-corrected chi connectivity index (χ2v) is 10.1. The summed E-state index contributed by atoms with van der Waals surface area (Å²) in [6.45, 7) is 8.18. The van der Waals surface area contributed by atoms with E-state index in [0.29, 0.717) is 58.9 Å². The van der Waals surface area contributed by atoms with Gasteiger partial charge in [0, 0.05) is 43.6 Å². The lowest BCUT2D eigenvalue weighted by molar-refractivity contribution is -0.111. The molecule has 10 nitrogen and oxygen atoms in total. The van der Waals surface area contributed by atoms with E-state index in [1.165, 1.54) is 6.92 Å². The average molecular weight is 562 g/mol. The fraction of sp³-hybridized carbons (Fsp3) is 0.536. The number of likely N-dealkylation sites (N-methyl/N-ethyl adjacent to an activating group) is 1. The van der Waals surface area contributed by atoms with Crippen molar-refractivity contribution in [2.45, 2.75) is 45.8 Å². The zero-order valence-electron chi connectivity index (χ0n) is 23.4. The molecule has 2 aromatic rings. The number of nitrogens with zero attached hydrogens (tertiary/aromatic N) is 3. The smallest absolute Gasteiger partial charge is 0.163 e.